The Kier molecular flexibility index (Phi) is 2.37. The van der Waals surface area contributed by atoms with Crippen molar-refractivity contribution in [3.05, 3.63) is 0 Å². The first-order valence-corrected chi connectivity index (χ1v) is 5.02. The average molecular weight is 170 g/mol. The molecule has 3 unspecified atom stereocenters. The van der Waals surface area contributed by atoms with E-state index >= 15 is 0 Å². The van der Waals surface area contributed by atoms with Gasteiger partial charge < -0.3 is 9.47 Å². The molecule has 0 aliphatic carbocycles. The molecule has 2 nitrogen and oxygen atoms in total. The van der Waals surface area contributed by atoms with Crippen molar-refractivity contribution in [2.45, 2.75) is 33.0 Å². The summed E-state index contributed by atoms with van der Waals surface area (Å²) in [6.07, 6.45) is 2.56. The first-order valence-electron chi connectivity index (χ1n) is 5.02. The highest BCUT2D eigenvalue weighted by Crippen LogP contribution is 2.38. The summed E-state index contributed by atoms with van der Waals surface area (Å²) in [5.41, 5.74) is 0. The Labute approximate surface area is 74.2 Å². The van der Waals surface area contributed by atoms with Gasteiger partial charge in [0.1, 0.15) is 0 Å². The molecular formula is C10H18O2. The minimum Gasteiger partial charge on any atom is -0.352 e. The van der Waals surface area contributed by atoms with Gasteiger partial charge in [0.2, 0.25) is 0 Å². The molecule has 2 heterocycles. The largest absolute Gasteiger partial charge is 0.352 e. The molecule has 2 aliphatic rings. The van der Waals surface area contributed by atoms with Crippen LogP contribution in [0.5, 0.6) is 0 Å². The summed E-state index contributed by atoms with van der Waals surface area (Å²) in [5.74, 6) is 2.29. The summed E-state index contributed by atoms with van der Waals surface area (Å²) in [6.45, 7) is 6.42. The Hall–Kier alpha value is -0.0800. The van der Waals surface area contributed by atoms with Crippen LogP contribution < -0.4 is 0 Å². The van der Waals surface area contributed by atoms with Crippen molar-refractivity contribution in [2.24, 2.45) is 17.8 Å². The van der Waals surface area contributed by atoms with Crippen LogP contribution in [0.4, 0.5) is 0 Å². The number of fused-ring (bicyclic) bond motifs is 1. The van der Waals surface area contributed by atoms with Crippen LogP contribution in [0.2, 0.25) is 0 Å². The molecule has 0 saturated carbocycles. The molecule has 0 radical (unpaired) electrons. The van der Waals surface area contributed by atoms with Gasteiger partial charge in [-0.3, -0.25) is 0 Å². The van der Waals surface area contributed by atoms with Gasteiger partial charge in [-0.2, -0.15) is 0 Å². The van der Waals surface area contributed by atoms with E-state index in [1.807, 2.05) is 0 Å². The second-order valence-electron chi connectivity index (χ2n) is 4.26. The molecule has 3 atom stereocenters. The number of hydrogen-bond donors (Lipinski definition) is 0. The first kappa shape index (κ1) is 8.52. The smallest absolute Gasteiger partial charge is 0.160 e. The highest BCUT2D eigenvalue weighted by atomic mass is 16.7. The van der Waals surface area contributed by atoms with Crippen LogP contribution in [0, 0.1) is 17.8 Å². The maximum Gasteiger partial charge on any atom is 0.160 e. The fraction of sp³-hybridized carbons (Fsp3) is 1.00. The number of ether oxygens (including phenoxy) is 2. The molecule has 0 aromatic rings. The van der Waals surface area contributed by atoms with Crippen LogP contribution in [0.15, 0.2) is 0 Å². The summed E-state index contributed by atoms with van der Waals surface area (Å²) in [5, 5.41) is 0. The zero-order valence-electron chi connectivity index (χ0n) is 7.95. The third-order valence-corrected chi connectivity index (χ3v) is 3.22. The lowest BCUT2D eigenvalue weighted by molar-refractivity contribution is -0.171. The van der Waals surface area contributed by atoms with E-state index in [0.29, 0.717) is 5.92 Å². The second kappa shape index (κ2) is 3.35. The molecule has 2 heteroatoms. The highest BCUT2D eigenvalue weighted by molar-refractivity contribution is 4.82. The van der Waals surface area contributed by atoms with E-state index in [1.165, 1.54) is 12.8 Å². The summed E-state index contributed by atoms with van der Waals surface area (Å²) < 4.78 is 11.1. The minimum absolute atomic E-state index is 0.131. The lowest BCUT2D eigenvalue weighted by Crippen LogP contribution is -2.35. The van der Waals surface area contributed by atoms with Crippen LogP contribution in [0.3, 0.4) is 0 Å². The Bertz CT molecular complexity index is 156. The van der Waals surface area contributed by atoms with Crippen LogP contribution >= 0.6 is 0 Å². The molecule has 12 heavy (non-hydrogen) atoms. The SMILES string of the molecule is CC(C)C1CCOC2OCCC21. The van der Waals surface area contributed by atoms with Crippen molar-refractivity contribution >= 4 is 0 Å². The van der Waals surface area contributed by atoms with E-state index in [9.17, 15) is 0 Å². The summed E-state index contributed by atoms with van der Waals surface area (Å²) in [4.78, 5) is 0. The predicted molar refractivity (Wildman–Crippen MR) is 46.7 cm³/mol. The molecule has 0 amide bonds. The van der Waals surface area contributed by atoms with Gasteiger partial charge in [-0.1, -0.05) is 13.8 Å². The van der Waals surface area contributed by atoms with E-state index in [-0.39, 0.29) is 6.29 Å². The Morgan fingerprint density at radius 3 is 2.42 bits per heavy atom. The van der Waals surface area contributed by atoms with Gasteiger partial charge in [0.15, 0.2) is 6.29 Å². The highest BCUT2D eigenvalue weighted by Gasteiger charge is 2.39. The quantitative estimate of drug-likeness (QED) is 0.599. The molecule has 2 fully saturated rings. The standard InChI is InChI=1S/C10H18O2/c1-7(2)8-3-5-11-10-9(8)4-6-12-10/h7-10H,3-6H2,1-2H3. The Morgan fingerprint density at radius 1 is 1.08 bits per heavy atom. The predicted octanol–water partition coefficient (Wildman–Crippen LogP) is 2.04. The normalized spacial score (nSPS) is 41.8. The molecule has 2 aliphatic heterocycles. The Balaban J connectivity index is 2.03. The molecule has 2 rings (SSSR count). The van der Waals surface area contributed by atoms with Gasteiger partial charge in [-0.25, -0.2) is 0 Å². The lowest BCUT2D eigenvalue weighted by Gasteiger charge is -2.35. The molecule has 2 saturated heterocycles. The Morgan fingerprint density at radius 2 is 1.75 bits per heavy atom. The van der Waals surface area contributed by atoms with Crippen LogP contribution in [-0.4, -0.2) is 19.5 Å². The van der Waals surface area contributed by atoms with E-state index < -0.39 is 0 Å². The molecule has 70 valence electrons. The first-order chi connectivity index (χ1) is 5.79. The van der Waals surface area contributed by atoms with E-state index in [2.05, 4.69) is 13.8 Å². The molecule has 0 spiro atoms. The zero-order chi connectivity index (χ0) is 8.55. The molecule has 0 aromatic carbocycles. The molecular weight excluding hydrogens is 152 g/mol. The van der Waals surface area contributed by atoms with Crippen LogP contribution in [-0.2, 0) is 9.47 Å². The van der Waals surface area contributed by atoms with Gasteiger partial charge >= 0.3 is 0 Å². The average Bonchev–Trinajstić information content (AvgIpc) is 2.49. The van der Waals surface area contributed by atoms with Crippen LogP contribution in [0.1, 0.15) is 26.7 Å². The summed E-state index contributed by atoms with van der Waals surface area (Å²) in [7, 11) is 0. The molecule has 0 N–H and O–H groups in total. The van der Waals surface area contributed by atoms with Gasteiger partial charge in [0, 0.05) is 5.92 Å². The number of hydrogen-bond acceptors (Lipinski definition) is 2. The van der Waals surface area contributed by atoms with Gasteiger partial charge in [-0.05, 0) is 24.7 Å². The van der Waals surface area contributed by atoms with E-state index in [1.54, 1.807) is 0 Å². The van der Waals surface area contributed by atoms with Crippen molar-refractivity contribution in [2.75, 3.05) is 13.2 Å². The lowest BCUT2D eigenvalue weighted by atomic mass is 9.79. The number of rotatable bonds is 1. The maximum absolute atomic E-state index is 5.56. The topological polar surface area (TPSA) is 18.5 Å². The zero-order valence-corrected chi connectivity index (χ0v) is 7.95. The molecule has 0 aromatic heterocycles. The van der Waals surface area contributed by atoms with Crippen molar-refractivity contribution in [1.82, 2.24) is 0 Å². The van der Waals surface area contributed by atoms with Crippen molar-refractivity contribution in [3.63, 3.8) is 0 Å². The van der Waals surface area contributed by atoms with E-state index in [4.69, 9.17) is 9.47 Å². The maximum atomic E-state index is 5.56. The van der Waals surface area contributed by atoms with Crippen LogP contribution in [0.25, 0.3) is 0 Å². The van der Waals surface area contributed by atoms with Crippen molar-refractivity contribution < 1.29 is 9.47 Å². The van der Waals surface area contributed by atoms with Gasteiger partial charge in [0.25, 0.3) is 0 Å². The van der Waals surface area contributed by atoms with Crippen molar-refractivity contribution in [3.8, 4) is 0 Å². The fourth-order valence-corrected chi connectivity index (χ4v) is 2.53. The van der Waals surface area contributed by atoms with Gasteiger partial charge in [0.05, 0.1) is 13.2 Å². The van der Waals surface area contributed by atoms with Crippen molar-refractivity contribution in [1.29, 1.82) is 0 Å². The fourth-order valence-electron chi connectivity index (χ4n) is 2.53. The third kappa shape index (κ3) is 1.38. The monoisotopic (exact) mass is 170 g/mol. The third-order valence-electron chi connectivity index (χ3n) is 3.22. The molecule has 0 bridgehead atoms. The minimum atomic E-state index is 0.131. The van der Waals surface area contributed by atoms with E-state index in [0.717, 1.165) is 25.0 Å². The summed E-state index contributed by atoms with van der Waals surface area (Å²) in [6, 6.07) is 0. The summed E-state index contributed by atoms with van der Waals surface area (Å²) >= 11 is 0. The van der Waals surface area contributed by atoms with Gasteiger partial charge in [-0.15, -0.1) is 0 Å². The second-order valence-corrected chi connectivity index (χ2v) is 4.26.